The molecule has 1 aromatic heterocycles. The van der Waals surface area contributed by atoms with Crippen molar-refractivity contribution in [3.63, 3.8) is 0 Å². The van der Waals surface area contributed by atoms with Crippen molar-refractivity contribution >= 4 is 5.97 Å². The molecule has 0 saturated heterocycles. The van der Waals surface area contributed by atoms with Gasteiger partial charge < -0.3 is 14.6 Å². The lowest BCUT2D eigenvalue weighted by atomic mass is 10.1. The molecule has 4 rings (SSSR count). The second-order valence-electron chi connectivity index (χ2n) is 6.38. The summed E-state index contributed by atoms with van der Waals surface area (Å²) in [5.41, 5.74) is 0.947. The lowest BCUT2D eigenvalue weighted by Crippen LogP contribution is -2.00. The van der Waals surface area contributed by atoms with E-state index in [0.717, 1.165) is 0 Å². The molecule has 1 heterocycles. The number of carbonyl (C=O) groups is 1. The number of para-hydroxylation sites is 1. The van der Waals surface area contributed by atoms with Crippen LogP contribution in [-0.4, -0.2) is 16.1 Å². The minimum atomic E-state index is -1.12. The molecule has 148 valence electrons. The Kier molecular flexibility index (Phi) is 5.39. The Balaban J connectivity index is 1.63. The van der Waals surface area contributed by atoms with E-state index in [9.17, 15) is 14.3 Å². The lowest BCUT2D eigenvalue weighted by molar-refractivity contribution is 0.0696. The van der Waals surface area contributed by atoms with Gasteiger partial charge in [0.2, 0.25) is 5.88 Å². The van der Waals surface area contributed by atoms with Gasteiger partial charge in [-0.1, -0.05) is 24.3 Å². The fourth-order valence-corrected chi connectivity index (χ4v) is 2.80. The van der Waals surface area contributed by atoms with Crippen LogP contribution in [0.3, 0.4) is 0 Å². The number of halogens is 1. The number of aromatic nitrogens is 1. The summed E-state index contributed by atoms with van der Waals surface area (Å²) in [6.07, 6.45) is 0. The monoisotopic (exact) mass is 401 g/mol. The van der Waals surface area contributed by atoms with Gasteiger partial charge in [-0.15, -0.1) is 0 Å². The molecule has 0 unspecified atom stereocenters. The van der Waals surface area contributed by atoms with E-state index >= 15 is 0 Å². The largest absolute Gasteiger partial charge is 0.478 e. The van der Waals surface area contributed by atoms with Crippen molar-refractivity contribution in [3.05, 3.63) is 102 Å². The Hall–Kier alpha value is -4.19. The van der Waals surface area contributed by atoms with Crippen molar-refractivity contribution in [3.8, 4) is 34.4 Å². The molecule has 6 heteroatoms. The highest BCUT2D eigenvalue weighted by Gasteiger charge is 2.12. The number of rotatable bonds is 6. The van der Waals surface area contributed by atoms with Gasteiger partial charge in [0.15, 0.2) is 0 Å². The minimum absolute atomic E-state index is 0.0102. The number of hydrogen-bond donors (Lipinski definition) is 1. The first-order valence-electron chi connectivity index (χ1n) is 9.09. The van der Waals surface area contributed by atoms with Crippen LogP contribution in [0, 0.1) is 5.82 Å². The molecule has 0 atom stereocenters. The number of ether oxygens (including phenoxy) is 2. The van der Waals surface area contributed by atoms with E-state index in [-0.39, 0.29) is 17.3 Å². The zero-order valence-electron chi connectivity index (χ0n) is 15.7. The Bertz CT molecular complexity index is 1180. The first-order chi connectivity index (χ1) is 14.6. The summed E-state index contributed by atoms with van der Waals surface area (Å²) in [5, 5.41) is 9.44. The van der Waals surface area contributed by atoms with Crippen LogP contribution in [0.15, 0.2) is 91.0 Å². The number of pyridine rings is 1. The van der Waals surface area contributed by atoms with Crippen molar-refractivity contribution in [2.75, 3.05) is 0 Å². The molecule has 0 spiro atoms. The van der Waals surface area contributed by atoms with Crippen LogP contribution >= 0.6 is 0 Å². The summed E-state index contributed by atoms with van der Waals surface area (Å²) in [7, 11) is 0. The first kappa shape index (κ1) is 19.1. The summed E-state index contributed by atoms with van der Waals surface area (Å²) in [4.78, 5) is 15.9. The van der Waals surface area contributed by atoms with E-state index in [4.69, 9.17) is 9.47 Å². The fourth-order valence-electron chi connectivity index (χ4n) is 2.80. The average molecular weight is 401 g/mol. The van der Waals surface area contributed by atoms with Gasteiger partial charge in [0.05, 0.1) is 11.3 Å². The summed E-state index contributed by atoms with van der Waals surface area (Å²) >= 11 is 0. The second kappa shape index (κ2) is 8.45. The van der Waals surface area contributed by atoms with Crippen molar-refractivity contribution in [1.82, 2.24) is 4.98 Å². The molecule has 0 aliphatic rings. The van der Waals surface area contributed by atoms with Gasteiger partial charge in [0.25, 0.3) is 0 Å². The molecule has 30 heavy (non-hydrogen) atoms. The molecule has 0 fully saturated rings. The summed E-state index contributed by atoms with van der Waals surface area (Å²) in [6, 6.07) is 24.6. The number of aromatic carboxylic acids is 1. The van der Waals surface area contributed by atoms with Crippen LogP contribution in [0.5, 0.6) is 23.1 Å². The third-order valence-corrected chi connectivity index (χ3v) is 4.20. The molecule has 3 aromatic carbocycles. The normalized spacial score (nSPS) is 10.4. The third-order valence-electron chi connectivity index (χ3n) is 4.20. The maximum atomic E-state index is 13.2. The molecule has 0 aliphatic carbocycles. The van der Waals surface area contributed by atoms with Crippen molar-refractivity contribution in [2.45, 2.75) is 0 Å². The number of benzene rings is 3. The smallest absolute Gasteiger partial charge is 0.335 e. The van der Waals surface area contributed by atoms with Gasteiger partial charge in [-0.2, -0.15) is 0 Å². The standard InChI is InChI=1S/C24H16FNO4/c25-18-11-9-16(10-12-18)22-13-17(24(27)28)14-23(26-22)30-21-8-4-7-20(15-21)29-19-5-2-1-3-6-19/h1-15H,(H,27,28). The molecule has 1 N–H and O–H groups in total. The molecule has 4 aromatic rings. The number of hydrogen-bond acceptors (Lipinski definition) is 4. The minimum Gasteiger partial charge on any atom is -0.478 e. The summed E-state index contributed by atoms with van der Waals surface area (Å²) in [5.74, 6) is 0.271. The maximum absolute atomic E-state index is 13.2. The van der Waals surface area contributed by atoms with E-state index in [1.165, 1.54) is 36.4 Å². The van der Waals surface area contributed by atoms with Gasteiger partial charge in [-0.3, -0.25) is 0 Å². The zero-order chi connectivity index (χ0) is 20.9. The zero-order valence-corrected chi connectivity index (χ0v) is 15.7. The van der Waals surface area contributed by atoms with Gasteiger partial charge in [-0.05, 0) is 54.6 Å². The van der Waals surface area contributed by atoms with E-state index in [0.29, 0.717) is 28.5 Å². The van der Waals surface area contributed by atoms with E-state index in [1.807, 2.05) is 30.3 Å². The summed E-state index contributed by atoms with van der Waals surface area (Å²) in [6.45, 7) is 0. The van der Waals surface area contributed by atoms with E-state index in [1.54, 1.807) is 24.3 Å². The highest BCUT2D eigenvalue weighted by atomic mass is 19.1. The molecule has 0 bridgehead atoms. The first-order valence-corrected chi connectivity index (χ1v) is 9.09. The maximum Gasteiger partial charge on any atom is 0.335 e. The van der Waals surface area contributed by atoms with Crippen molar-refractivity contribution < 1.29 is 23.8 Å². The number of carboxylic acids is 1. The SMILES string of the molecule is O=C(O)c1cc(Oc2cccc(Oc3ccccc3)c2)nc(-c2ccc(F)cc2)c1. The van der Waals surface area contributed by atoms with Crippen molar-refractivity contribution in [2.24, 2.45) is 0 Å². The molecule has 0 aliphatic heterocycles. The Morgan fingerprint density at radius 1 is 0.767 bits per heavy atom. The predicted octanol–water partition coefficient (Wildman–Crippen LogP) is 6.17. The average Bonchev–Trinajstić information content (AvgIpc) is 2.75. The van der Waals surface area contributed by atoms with E-state index in [2.05, 4.69) is 4.98 Å². The van der Waals surface area contributed by atoms with Crippen LogP contribution in [0.4, 0.5) is 4.39 Å². The number of nitrogens with zero attached hydrogens (tertiary/aromatic N) is 1. The highest BCUT2D eigenvalue weighted by molar-refractivity contribution is 5.89. The molecular weight excluding hydrogens is 385 g/mol. The van der Waals surface area contributed by atoms with Crippen LogP contribution < -0.4 is 9.47 Å². The predicted molar refractivity (Wildman–Crippen MR) is 110 cm³/mol. The Labute approximate surface area is 172 Å². The molecular formula is C24H16FNO4. The molecule has 0 amide bonds. The van der Waals surface area contributed by atoms with Crippen LogP contribution in [0.1, 0.15) is 10.4 Å². The van der Waals surface area contributed by atoms with Gasteiger partial charge in [0.1, 0.15) is 23.1 Å². The van der Waals surface area contributed by atoms with Gasteiger partial charge in [-0.25, -0.2) is 14.2 Å². The van der Waals surface area contributed by atoms with Crippen LogP contribution in [0.25, 0.3) is 11.3 Å². The quantitative estimate of drug-likeness (QED) is 0.418. The molecule has 0 saturated carbocycles. The Morgan fingerprint density at radius 2 is 1.43 bits per heavy atom. The third kappa shape index (κ3) is 4.62. The topological polar surface area (TPSA) is 68.7 Å². The van der Waals surface area contributed by atoms with Gasteiger partial charge >= 0.3 is 5.97 Å². The van der Waals surface area contributed by atoms with Crippen molar-refractivity contribution in [1.29, 1.82) is 0 Å². The van der Waals surface area contributed by atoms with E-state index < -0.39 is 5.97 Å². The molecule has 5 nitrogen and oxygen atoms in total. The van der Waals surface area contributed by atoms with Gasteiger partial charge in [0, 0.05) is 17.7 Å². The number of carboxylic acid groups (broad SMARTS) is 1. The Morgan fingerprint density at radius 3 is 2.13 bits per heavy atom. The fraction of sp³-hybridized carbons (Fsp3) is 0. The van der Waals surface area contributed by atoms with Crippen LogP contribution in [-0.2, 0) is 0 Å². The van der Waals surface area contributed by atoms with Crippen LogP contribution in [0.2, 0.25) is 0 Å². The second-order valence-corrected chi connectivity index (χ2v) is 6.38. The lowest BCUT2D eigenvalue weighted by Gasteiger charge is -2.10. The molecule has 0 radical (unpaired) electrons. The summed E-state index contributed by atoms with van der Waals surface area (Å²) < 4.78 is 24.8. The highest BCUT2D eigenvalue weighted by Crippen LogP contribution is 2.29.